The van der Waals surface area contributed by atoms with Gasteiger partial charge < -0.3 is 15.0 Å². The predicted molar refractivity (Wildman–Crippen MR) is 152 cm³/mol. The summed E-state index contributed by atoms with van der Waals surface area (Å²) < 4.78 is 5.86. The fourth-order valence-corrected chi connectivity index (χ4v) is 4.89. The van der Waals surface area contributed by atoms with E-state index >= 15 is 0 Å². The quantitative estimate of drug-likeness (QED) is 0.410. The molecular formula is C32H39N3O3. The second kappa shape index (κ2) is 13.8. The molecule has 1 N–H and O–H groups in total. The van der Waals surface area contributed by atoms with Crippen LogP contribution in [0.1, 0.15) is 42.5 Å². The van der Waals surface area contributed by atoms with E-state index in [1.165, 1.54) is 11.1 Å². The van der Waals surface area contributed by atoms with Crippen molar-refractivity contribution < 1.29 is 14.3 Å². The minimum atomic E-state index is 0.00921. The van der Waals surface area contributed by atoms with Gasteiger partial charge >= 0.3 is 0 Å². The highest BCUT2D eigenvalue weighted by molar-refractivity contribution is 5.93. The Morgan fingerprint density at radius 1 is 0.789 bits per heavy atom. The number of rotatable bonds is 10. The van der Waals surface area contributed by atoms with Crippen LogP contribution in [0, 0.1) is 0 Å². The average molecular weight is 514 g/mol. The summed E-state index contributed by atoms with van der Waals surface area (Å²) >= 11 is 0. The SMILES string of the molecule is CCc1cccc(CC)c1NC(=O)CN1CCCN(C(=O)Cc2ccc(OCc3ccccc3)cc2)CC1. The van der Waals surface area contributed by atoms with Crippen LogP contribution >= 0.6 is 0 Å². The Morgan fingerprint density at radius 2 is 1.50 bits per heavy atom. The minimum absolute atomic E-state index is 0.00921. The van der Waals surface area contributed by atoms with E-state index in [0.717, 1.165) is 48.4 Å². The lowest BCUT2D eigenvalue weighted by Crippen LogP contribution is -2.38. The minimum Gasteiger partial charge on any atom is -0.489 e. The first kappa shape index (κ1) is 27.4. The number of aryl methyl sites for hydroxylation is 2. The Labute approximate surface area is 226 Å². The Morgan fingerprint density at radius 3 is 2.18 bits per heavy atom. The van der Waals surface area contributed by atoms with Crippen LogP contribution < -0.4 is 10.1 Å². The number of hydrogen-bond acceptors (Lipinski definition) is 4. The maximum Gasteiger partial charge on any atom is 0.238 e. The molecule has 1 fully saturated rings. The molecule has 0 radical (unpaired) electrons. The van der Waals surface area contributed by atoms with Crippen LogP contribution in [0.3, 0.4) is 0 Å². The van der Waals surface area contributed by atoms with Gasteiger partial charge in [0.25, 0.3) is 0 Å². The Kier molecular flexibility index (Phi) is 9.93. The standard InChI is InChI=1S/C32H39N3O3/c1-3-27-12-8-13-28(4-2)32(27)33-30(36)23-34-18-9-19-35(21-20-34)31(37)22-25-14-16-29(17-15-25)38-24-26-10-6-5-7-11-26/h5-8,10-17H,3-4,9,18-24H2,1-2H3,(H,33,36). The van der Waals surface area contributed by atoms with E-state index in [1.807, 2.05) is 59.5 Å². The molecule has 4 rings (SSSR count). The van der Waals surface area contributed by atoms with Gasteiger partial charge in [-0.15, -0.1) is 0 Å². The molecule has 0 aliphatic carbocycles. The third-order valence-corrected chi connectivity index (χ3v) is 7.10. The highest BCUT2D eigenvalue weighted by atomic mass is 16.5. The molecule has 0 bridgehead atoms. The number of anilines is 1. The summed E-state index contributed by atoms with van der Waals surface area (Å²) in [5.74, 6) is 0.926. The molecule has 1 aliphatic heterocycles. The fourth-order valence-electron chi connectivity index (χ4n) is 4.89. The monoisotopic (exact) mass is 513 g/mol. The number of nitrogens with one attached hydrogen (secondary N) is 1. The van der Waals surface area contributed by atoms with Crippen LogP contribution in [-0.2, 0) is 35.5 Å². The number of carbonyl (C=O) groups is 2. The highest BCUT2D eigenvalue weighted by Crippen LogP contribution is 2.22. The lowest BCUT2D eigenvalue weighted by atomic mass is 10.0. The van der Waals surface area contributed by atoms with Crippen molar-refractivity contribution in [3.8, 4) is 5.75 Å². The molecule has 6 nitrogen and oxygen atoms in total. The van der Waals surface area contributed by atoms with Crippen molar-refractivity contribution in [1.29, 1.82) is 0 Å². The number of nitrogens with zero attached hydrogens (tertiary/aromatic N) is 2. The molecule has 3 aromatic carbocycles. The van der Waals surface area contributed by atoms with Gasteiger partial charge in [0.1, 0.15) is 12.4 Å². The van der Waals surface area contributed by atoms with Gasteiger partial charge in [-0.25, -0.2) is 0 Å². The molecular weight excluding hydrogens is 474 g/mol. The molecule has 0 atom stereocenters. The van der Waals surface area contributed by atoms with Crippen molar-refractivity contribution in [2.24, 2.45) is 0 Å². The van der Waals surface area contributed by atoms with Crippen molar-refractivity contribution in [2.75, 3.05) is 38.0 Å². The third-order valence-electron chi connectivity index (χ3n) is 7.10. The summed E-state index contributed by atoms with van der Waals surface area (Å²) in [5, 5.41) is 3.17. The van der Waals surface area contributed by atoms with Crippen LogP contribution in [0.2, 0.25) is 0 Å². The first-order valence-corrected chi connectivity index (χ1v) is 13.7. The third kappa shape index (κ3) is 7.68. The molecule has 6 heteroatoms. The van der Waals surface area contributed by atoms with E-state index in [0.29, 0.717) is 39.2 Å². The molecule has 3 aromatic rings. The summed E-state index contributed by atoms with van der Waals surface area (Å²) in [5.41, 5.74) is 5.40. The molecule has 0 saturated carbocycles. The van der Waals surface area contributed by atoms with Crippen LogP contribution in [-0.4, -0.2) is 54.3 Å². The molecule has 200 valence electrons. The van der Waals surface area contributed by atoms with Crippen LogP contribution in [0.4, 0.5) is 5.69 Å². The van der Waals surface area contributed by atoms with E-state index in [9.17, 15) is 9.59 Å². The largest absolute Gasteiger partial charge is 0.489 e. The van der Waals surface area contributed by atoms with Crippen molar-refractivity contribution >= 4 is 17.5 Å². The zero-order valence-electron chi connectivity index (χ0n) is 22.6. The van der Waals surface area contributed by atoms with Gasteiger partial charge in [0, 0.05) is 31.9 Å². The normalized spacial score (nSPS) is 14.1. The fraction of sp³-hybridized carbons (Fsp3) is 0.375. The zero-order valence-corrected chi connectivity index (χ0v) is 22.6. The van der Waals surface area contributed by atoms with Crippen molar-refractivity contribution in [1.82, 2.24) is 9.80 Å². The van der Waals surface area contributed by atoms with Crippen LogP contribution in [0.15, 0.2) is 72.8 Å². The van der Waals surface area contributed by atoms with E-state index in [-0.39, 0.29) is 11.8 Å². The van der Waals surface area contributed by atoms with Gasteiger partial charge in [-0.1, -0.05) is 74.5 Å². The molecule has 38 heavy (non-hydrogen) atoms. The Hall–Kier alpha value is -3.64. The van der Waals surface area contributed by atoms with E-state index in [1.54, 1.807) is 0 Å². The van der Waals surface area contributed by atoms with Crippen LogP contribution in [0.25, 0.3) is 0 Å². The smallest absolute Gasteiger partial charge is 0.238 e. The number of para-hydroxylation sites is 1. The number of benzene rings is 3. The lowest BCUT2D eigenvalue weighted by molar-refractivity contribution is -0.130. The first-order valence-electron chi connectivity index (χ1n) is 13.7. The van der Waals surface area contributed by atoms with Gasteiger partial charge in [-0.2, -0.15) is 0 Å². The van der Waals surface area contributed by atoms with Gasteiger partial charge in [-0.3, -0.25) is 14.5 Å². The maximum atomic E-state index is 13.0. The lowest BCUT2D eigenvalue weighted by Gasteiger charge is -2.22. The molecule has 0 aromatic heterocycles. The molecule has 1 saturated heterocycles. The van der Waals surface area contributed by atoms with Crippen molar-refractivity contribution in [3.05, 3.63) is 95.1 Å². The molecule has 1 heterocycles. The van der Waals surface area contributed by atoms with Gasteiger partial charge in [-0.05, 0) is 53.6 Å². The zero-order chi connectivity index (χ0) is 26.7. The summed E-state index contributed by atoms with van der Waals surface area (Å²) in [7, 11) is 0. The maximum absolute atomic E-state index is 13.0. The second-order valence-electron chi connectivity index (χ2n) is 9.81. The number of ether oxygens (including phenoxy) is 1. The highest BCUT2D eigenvalue weighted by Gasteiger charge is 2.21. The van der Waals surface area contributed by atoms with E-state index in [2.05, 4.69) is 42.3 Å². The molecule has 1 aliphatic rings. The van der Waals surface area contributed by atoms with E-state index < -0.39 is 0 Å². The second-order valence-corrected chi connectivity index (χ2v) is 9.81. The first-order chi connectivity index (χ1) is 18.6. The van der Waals surface area contributed by atoms with Gasteiger partial charge in [0.15, 0.2) is 0 Å². The average Bonchev–Trinajstić information content (AvgIpc) is 3.19. The Balaban J connectivity index is 1.24. The van der Waals surface area contributed by atoms with Crippen molar-refractivity contribution in [2.45, 2.75) is 46.1 Å². The number of hydrogen-bond donors (Lipinski definition) is 1. The number of amides is 2. The summed E-state index contributed by atoms with van der Waals surface area (Å²) in [6.07, 6.45) is 2.99. The molecule has 0 unspecified atom stereocenters. The number of carbonyl (C=O) groups excluding carboxylic acids is 2. The van der Waals surface area contributed by atoms with Crippen molar-refractivity contribution in [3.63, 3.8) is 0 Å². The Bertz CT molecular complexity index is 1170. The molecule has 2 amide bonds. The summed E-state index contributed by atoms with van der Waals surface area (Å²) in [4.78, 5) is 30.0. The predicted octanol–water partition coefficient (Wildman–Crippen LogP) is 5.11. The summed E-state index contributed by atoms with van der Waals surface area (Å²) in [6, 6.07) is 24.1. The molecule has 0 spiro atoms. The van der Waals surface area contributed by atoms with E-state index in [4.69, 9.17) is 4.74 Å². The van der Waals surface area contributed by atoms with Gasteiger partial charge in [0.05, 0.1) is 13.0 Å². The van der Waals surface area contributed by atoms with Crippen LogP contribution in [0.5, 0.6) is 5.75 Å². The topological polar surface area (TPSA) is 61.9 Å². The summed E-state index contributed by atoms with van der Waals surface area (Å²) in [6.45, 7) is 7.93. The van der Waals surface area contributed by atoms with Gasteiger partial charge in [0.2, 0.25) is 11.8 Å².